The molecule has 1 heterocycles. The second-order valence-corrected chi connectivity index (χ2v) is 17.2. The number of hydrogen-bond acceptors (Lipinski definition) is 7. The zero-order chi connectivity index (χ0) is 39.0. The first-order valence-corrected chi connectivity index (χ1v) is 20.5. The SMILES string of the molecule is COc1ccc([P+](CCCCCOC(=O)Cc2c(C)n(C(=O)c3ccc(Cl)cc3)c3ccc(OC)cc23)(c2ccc(OC)cc2)c2ccc(OC)cc2)cc1. The van der Waals surface area contributed by atoms with E-state index in [1.165, 1.54) is 15.9 Å². The maximum Gasteiger partial charge on any atom is 0.310 e. The lowest BCUT2D eigenvalue weighted by atomic mass is 10.1. The Morgan fingerprint density at radius 3 is 1.60 bits per heavy atom. The van der Waals surface area contributed by atoms with Crippen molar-refractivity contribution in [1.82, 2.24) is 4.57 Å². The molecule has 10 heteroatoms. The molecule has 6 rings (SSSR count). The number of aromatic nitrogens is 1. The van der Waals surface area contributed by atoms with Crippen molar-refractivity contribution >= 4 is 57.6 Å². The lowest BCUT2D eigenvalue weighted by molar-refractivity contribution is -0.142. The summed E-state index contributed by atoms with van der Waals surface area (Å²) in [6.45, 7) is 2.15. The molecule has 55 heavy (non-hydrogen) atoms. The first-order chi connectivity index (χ1) is 26.7. The third kappa shape index (κ3) is 8.51. The molecule has 0 spiro atoms. The van der Waals surface area contributed by atoms with E-state index in [0.29, 0.717) is 40.6 Å². The van der Waals surface area contributed by atoms with Crippen molar-refractivity contribution in [3.63, 3.8) is 0 Å². The number of nitrogens with zero attached hydrogens (tertiary/aromatic N) is 1. The fourth-order valence-electron chi connectivity index (χ4n) is 7.15. The van der Waals surface area contributed by atoms with Gasteiger partial charge in [-0.25, -0.2) is 0 Å². The van der Waals surface area contributed by atoms with Crippen LogP contribution in [0.25, 0.3) is 10.9 Å². The molecule has 0 saturated carbocycles. The van der Waals surface area contributed by atoms with Crippen LogP contribution < -0.4 is 34.9 Å². The Morgan fingerprint density at radius 1 is 0.618 bits per heavy atom. The molecule has 0 aliphatic rings. The van der Waals surface area contributed by atoms with Crippen LogP contribution in [0, 0.1) is 6.92 Å². The van der Waals surface area contributed by atoms with E-state index in [4.69, 9.17) is 35.3 Å². The number of carbonyl (C=O) groups is 2. The van der Waals surface area contributed by atoms with E-state index in [1.54, 1.807) is 57.3 Å². The smallest absolute Gasteiger partial charge is 0.310 e. The predicted octanol–water partition coefficient (Wildman–Crippen LogP) is 8.58. The van der Waals surface area contributed by atoms with Gasteiger partial charge in [0.25, 0.3) is 5.91 Å². The molecule has 0 amide bonds. The van der Waals surface area contributed by atoms with Crippen LogP contribution in [-0.2, 0) is 16.0 Å². The Kier molecular flexibility index (Phi) is 12.8. The lowest BCUT2D eigenvalue weighted by Gasteiger charge is -2.28. The number of unbranched alkanes of at least 4 members (excludes halogenated alkanes) is 2. The molecule has 8 nitrogen and oxygen atoms in total. The Balaban J connectivity index is 1.18. The number of methoxy groups -OCH3 is 4. The highest BCUT2D eigenvalue weighted by Crippen LogP contribution is 2.56. The zero-order valence-electron chi connectivity index (χ0n) is 31.8. The van der Waals surface area contributed by atoms with Crippen molar-refractivity contribution in [3.05, 3.63) is 137 Å². The fraction of sp³-hybridized carbons (Fsp3) is 0.244. The van der Waals surface area contributed by atoms with E-state index in [-0.39, 0.29) is 18.3 Å². The number of benzene rings is 5. The summed E-state index contributed by atoms with van der Waals surface area (Å²) in [4.78, 5) is 27.1. The summed E-state index contributed by atoms with van der Waals surface area (Å²) in [5.41, 5.74) is 2.59. The van der Waals surface area contributed by atoms with E-state index in [2.05, 4.69) is 36.4 Å². The minimum atomic E-state index is -2.15. The molecule has 0 unspecified atom stereocenters. The highest BCUT2D eigenvalue weighted by Gasteiger charge is 2.45. The van der Waals surface area contributed by atoms with E-state index in [9.17, 15) is 9.59 Å². The molecule has 0 atom stereocenters. The monoisotopic (exact) mass is 778 g/mol. The second-order valence-electron chi connectivity index (χ2n) is 13.2. The molecule has 0 aliphatic heterocycles. The van der Waals surface area contributed by atoms with Crippen molar-refractivity contribution in [2.45, 2.75) is 32.6 Å². The number of ether oxygens (including phenoxy) is 5. The van der Waals surface area contributed by atoms with E-state index in [0.717, 1.165) is 47.2 Å². The van der Waals surface area contributed by atoms with E-state index < -0.39 is 7.26 Å². The highest BCUT2D eigenvalue weighted by atomic mass is 35.5. The summed E-state index contributed by atoms with van der Waals surface area (Å²) >= 11 is 6.08. The lowest BCUT2D eigenvalue weighted by Crippen LogP contribution is -2.33. The minimum absolute atomic E-state index is 0.0252. The summed E-state index contributed by atoms with van der Waals surface area (Å²) in [7, 11) is 4.48. The average molecular weight is 779 g/mol. The van der Waals surface area contributed by atoms with Gasteiger partial charge in [0.05, 0.1) is 53.1 Å². The number of fused-ring (bicyclic) bond motifs is 1. The van der Waals surface area contributed by atoms with E-state index in [1.807, 2.05) is 61.5 Å². The van der Waals surface area contributed by atoms with Crippen LogP contribution in [0.2, 0.25) is 5.02 Å². The second kappa shape index (κ2) is 17.9. The third-order valence-electron chi connectivity index (χ3n) is 10.1. The maximum atomic E-state index is 13.7. The van der Waals surface area contributed by atoms with Gasteiger partial charge in [0, 0.05) is 21.7 Å². The largest absolute Gasteiger partial charge is 0.497 e. The third-order valence-corrected chi connectivity index (χ3v) is 14.9. The average Bonchev–Trinajstić information content (AvgIpc) is 3.50. The fourth-order valence-corrected chi connectivity index (χ4v) is 11.6. The van der Waals surface area contributed by atoms with Gasteiger partial charge in [-0.2, -0.15) is 0 Å². The Labute approximate surface area is 328 Å². The summed E-state index contributed by atoms with van der Waals surface area (Å²) < 4.78 is 29.5. The van der Waals surface area contributed by atoms with Gasteiger partial charge in [0.1, 0.15) is 46.2 Å². The van der Waals surface area contributed by atoms with Gasteiger partial charge in [0.2, 0.25) is 0 Å². The van der Waals surface area contributed by atoms with Crippen molar-refractivity contribution in [2.24, 2.45) is 0 Å². The van der Waals surface area contributed by atoms with Crippen molar-refractivity contribution in [2.75, 3.05) is 41.2 Å². The molecule has 0 saturated heterocycles. The molecule has 0 bridgehead atoms. The maximum absolute atomic E-state index is 13.7. The molecule has 1 aromatic heterocycles. The van der Waals surface area contributed by atoms with Crippen LogP contribution in [0.4, 0.5) is 0 Å². The van der Waals surface area contributed by atoms with Crippen LogP contribution >= 0.6 is 18.9 Å². The normalized spacial score (nSPS) is 11.3. The molecule has 0 radical (unpaired) electrons. The van der Waals surface area contributed by atoms with Crippen LogP contribution in [0.3, 0.4) is 0 Å². The summed E-state index contributed by atoms with van der Waals surface area (Å²) in [5.74, 6) is 2.50. The number of rotatable bonds is 16. The Bertz CT molecular complexity index is 2120. The molecule has 0 fully saturated rings. The molecule has 284 valence electrons. The van der Waals surface area contributed by atoms with Crippen LogP contribution in [0.1, 0.15) is 40.9 Å². The summed E-state index contributed by atoms with van der Waals surface area (Å²) in [6.07, 6.45) is 3.42. The van der Waals surface area contributed by atoms with Gasteiger partial charge < -0.3 is 23.7 Å². The number of esters is 1. The minimum Gasteiger partial charge on any atom is -0.497 e. The van der Waals surface area contributed by atoms with Crippen molar-refractivity contribution in [1.29, 1.82) is 0 Å². The predicted molar refractivity (Wildman–Crippen MR) is 223 cm³/mol. The topological polar surface area (TPSA) is 85.2 Å². The quantitative estimate of drug-likeness (QED) is 0.0553. The van der Waals surface area contributed by atoms with Gasteiger partial charge in [-0.1, -0.05) is 11.6 Å². The molecule has 5 aromatic carbocycles. The van der Waals surface area contributed by atoms with Gasteiger partial charge in [-0.05, 0) is 147 Å². The van der Waals surface area contributed by atoms with Gasteiger partial charge >= 0.3 is 5.97 Å². The van der Waals surface area contributed by atoms with Gasteiger partial charge in [0.15, 0.2) is 0 Å². The molecular weight excluding hydrogens is 733 g/mol. The molecule has 0 aliphatic carbocycles. The van der Waals surface area contributed by atoms with Crippen LogP contribution in [0.5, 0.6) is 23.0 Å². The molecule has 6 aromatic rings. The molecule has 0 N–H and O–H groups in total. The van der Waals surface area contributed by atoms with Gasteiger partial charge in [-0.15, -0.1) is 0 Å². The number of carbonyl (C=O) groups excluding carboxylic acids is 2. The number of hydrogen-bond donors (Lipinski definition) is 0. The van der Waals surface area contributed by atoms with Crippen molar-refractivity contribution < 1.29 is 33.3 Å². The molecular formula is C45H46ClNO7P+. The van der Waals surface area contributed by atoms with Crippen LogP contribution in [-0.4, -0.2) is 57.7 Å². The van der Waals surface area contributed by atoms with E-state index >= 15 is 0 Å². The number of halogens is 1. The Hall–Kier alpha value is -5.30. The highest BCUT2D eigenvalue weighted by molar-refractivity contribution is 7.95. The van der Waals surface area contributed by atoms with Crippen LogP contribution in [0.15, 0.2) is 115 Å². The summed E-state index contributed by atoms with van der Waals surface area (Å²) in [6, 6.07) is 37.5. The van der Waals surface area contributed by atoms with Crippen molar-refractivity contribution in [3.8, 4) is 23.0 Å². The van der Waals surface area contributed by atoms with Gasteiger partial charge in [-0.3, -0.25) is 14.2 Å². The summed E-state index contributed by atoms with van der Waals surface area (Å²) in [5, 5.41) is 5.06. The zero-order valence-corrected chi connectivity index (χ0v) is 33.5. The first kappa shape index (κ1) is 39.4. The Morgan fingerprint density at radius 2 is 1.11 bits per heavy atom. The standard InChI is InChI=1S/C45H46ClNO7P/c1-31-41(42-29-37(53-5)19-26-43(42)47(31)45(49)32-9-11-33(46)12-10-32)30-44(48)54-27-7-6-8-28-55(38-20-13-34(50-2)14-21-38,39-22-15-35(51-3)16-23-39)40-24-17-36(52-4)18-25-40/h9-26,29H,6-8,27-28,30H2,1-5H3/q+1. The first-order valence-electron chi connectivity index (χ1n) is 18.2.